The zero-order valence-corrected chi connectivity index (χ0v) is 9.38. The van der Waals surface area contributed by atoms with Gasteiger partial charge in [0.15, 0.2) is 0 Å². The van der Waals surface area contributed by atoms with Gasteiger partial charge in [0.2, 0.25) is 0 Å². The molecule has 0 saturated carbocycles. The van der Waals surface area contributed by atoms with Crippen LogP contribution in [0.3, 0.4) is 0 Å². The lowest BCUT2D eigenvalue weighted by molar-refractivity contribution is -0.0716. The molecule has 1 unspecified atom stereocenters. The second-order valence-corrected chi connectivity index (χ2v) is 4.93. The third kappa shape index (κ3) is 2.44. The maximum atomic E-state index is 10.3. The van der Waals surface area contributed by atoms with Gasteiger partial charge in [-0.3, -0.25) is 4.90 Å². The van der Waals surface area contributed by atoms with Crippen LogP contribution >= 0.6 is 0 Å². The maximum absolute atomic E-state index is 10.3. The molecule has 0 bridgehead atoms. The molecule has 0 radical (unpaired) electrons. The Kier molecular flexibility index (Phi) is 3.36. The second kappa shape index (κ2) is 3.97. The molecule has 1 aliphatic heterocycles. The maximum Gasteiger partial charge on any atom is 0.0797 e. The van der Waals surface area contributed by atoms with E-state index in [0.29, 0.717) is 12.0 Å². The normalized spacial score (nSPS) is 31.6. The van der Waals surface area contributed by atoms with E-state index in [1.165, 1.54) is 0 Å². The standard InChI is InChI=1S/C11H23NO/c1-9(2)11(13)6-5-7-12(8-11)10(3)4/h9-10,13H,5-8H2,1-4H3. The van der Waals surface area contributed by atoms with Gasteiger partial charge in [-0.1, -0.05) is 13.8 Å². The quantitative estimate of drug-likeness (QED) is 0.710. The predicted molar refractivity (Wildman–Crippen MR) is 55.7 cm³/mol. The number of hydrogen-bond acceptors (Lipinski definition) is 2. The average Bonchev–Trinajstić information content (AvgIpc) is 2.04. The summed E-state index contributed by atoms with van der Waals surface area (Å²) in [4.78, 5) is 2.38. The van der Waals surface area contributed by atoms with Crippen molar-refractivity contribution in [3.8, 4) is 0 Å². The van der Waals surface area contributed by atoms with Crippen LogP contribution in [0.1, 0.15) is 40.5 Å². The van der Waals surface area contributed by atoms with Crippen LogP contribution in [0.2, 0.25) is 0 Å². The molecule has 0 spiro atoms. The minimum atomic E-state index is -0.442. The molecule has 0 aromatic rings. The summed E-state index contributed by atoms with van der Waals surface area (Å²) in [5, 5.41) is 10.3. The first-order valence-electron chi connectivity index (χ1n) is 5.42. The van der Waals surface area contributed by atoms with Crippen molar-refractivity contribution in [3.05, 3.63) is 0 Å². The molecule has 1 N–H and O–H groups in total. The fourth-order valence-corrected chi connectivity index (χ4v) is 2.01. The minimum Gasteiger partial charge on any atom is -0.388 e. The van der Waals surface area contributed by atoms with E-state index < -0.39 is 5.60 Å². The largest absolute Gasteiger partial charge is 0.388 e. The number of likely N-dealkylation sites (tertiary alicyclic amines) is 1. The molecule has 78 valence electrons. The van der Waals surface area contributed by atoms with Crippen LogP contribution in [0.15, 0.2) is 0 Å². The third-order valence-corrected chi connectivity index (χ3v) is 3.34. The number of piperidine rings is 1. The summed E-state index contributed by atoms with van der Waals surface area (Å²) in [6, 6.07) is 0.561. The van der Waals surface area contributed by atoms with Crippen molar-refractivity contribution in [2.45, 2.75) is 52.2 Å². The van der Waals surface area contributed by atoms with E-state index in [4.69, 9.17) is 0 Å². The van der Waals surface area contributed by atoms with Gasteiger partial charge >= 0.3 is 0 Å². The highest BCUT2D eigenvalue weighted by molar-refractivity contribution is 4.90. The van der Waals surface area contributed by atoms with Crippen LogP contribution < -0.4 is 0 Å². The molecular weight excluding hydrogens is 162 g/mol. The molecule has 2 heteroatoms. The third-order valence-electron chi connectivity index (χ3n) is 3.34. The van der Waals surface area contributed by atoms with Gasteiger partial charge in [0, 0.05) is 12.6 Å². The van der Waals surface area contributed by atoms with E-state index >= 15 is 0 Å². The lowest BCUT2D eigenvalue weighted by atomic mass is 9.82. The molecule has 1 aliphatic rings. The van der Waals surface area contributed by atoms with E-state index in [9.17, 15) is 5.11 Å². The van der Waals surface area contributed by atoms with Crippen LogP contribution in [-0.2, 0) is 0 Å². The number of β-amino-alcohol motifs (C(OH)–C–C–N with tert-alkyl or cyclic N) is 1. The summed E-state index contributed by atoms with van der Waals surface area (Å²) in [5.74, 6) is 0.369. The fraction of sp³-hybridized carbons (Fsp3) is 1.00. The van der Waals surface area contributed by atoms with Crippen molar-refractivity contribution in [1.82, 2.24) is 4.90 Å². The van der Waals surface area contributed by atoms with Crippen molar-refractivity contribution in [2.75, 3.05) is 13.1 Å². The van der Waals surface area contributed by atoms with Crippen LogP contribution in [0.25, 0.3) is 0 Å². The number of aliphatic hydroxyl groups is 1. The Hall–Kier alpha value is -0.0800. The summed E-state index contributed by atoms with van der Waals surface area (Å²) in [5.41, 5.74) is -0.442. The van der Waals surface area contributed by atoms with Crippen molar-refractivity contribution in [1.29, 1.82) is 0 Å². The number of rotatable bonds is 2. The van der Waals surface area contributed by atoms with Gasteiger partial charge < -0.3 is 5.11 Å². The Bertz CT molecular complexity index is 167. The SMILES string of the molecule is CC(C)N1CCCC(O)(C(C)C)C1. The summed E-state index contributed by atoms with van der Waals surface area (Å²) in [7, 11) is 0. The topological polar surface area (TPSA) is 23.5 Å². The Morgan fingerprint density at radius 2 is 1.85 bits per heavy atom. The van der Waals surface area contributed by atoms with Gasteiger partial charge in [-0.15, -0.1) is 0 Å². The minimum absolute atomic E-state index is 0.369. The van der Waals surface area contributed by atoms with Crippen LogP contribution in [0.5, 0.6) is 0 Å². The Labute approximate surface area is 81.9 Å². The van der Waals surface area contributed by atoms with E-state index in [-0.39, 0.29) is 0 Å². The zero-order chi connectivity index (χ0) is 10.1. The van der Waals surface area contributed by atoms with Crippen molar-refractivity contribution in [3.63, 3.8) is 0 Å². The molecule has 1 saturated heterocycles. The Morgan fingerprint density at radius 3 is 2.31 bits per heavy atom. The number of hydrogen-bond donors (Lipinski definition) is 1. The number of nitrogens with zero attached hydrogens (tertiary/aromatic N) is 1. The summed E-state index contributed by atoms with van der Waals surface area (Å²) < 4.78 is 0. The van der Waals surface area contributed by atoms with Crippen molar-refractivity contribution < 1.29 is 5.11 Å². The average molecular weight is 185 g/mol. The first kappa shape index (κ1) is 11.0. The summed E-state index contributed by atoms with van der Waals surface area (Å²) in [6.07, 6.45) is 2.10. The van der Waals surface area contributed by atoms with Crippen LogP contribution in [0, 0.1) is 5.92 Å². The summed E-state index contributed by atoms with van der Waals surface area (Å²) in [6.45, 7) is 10.6. The molecule has 2 nitrogen and oxygen atoms in total. The predicted octanol–water partition coefficient (Wildman–Crippen LogP) is 1.88. The fourth-order valence-electron chi connectivity index (χ4n) is 2.01. The van der Waals surface area contributed by atoms with E-state index in [1.54, 1.807) is 0 Å². The lowest BCUT2D eigenvalue weighted by Crippen LogP contribution is -2.53. The molecule has 1 heterocycles. The van der Waals surface area contributed by atoms with Gasteiger partial charge in [-0.2, -0.15) is 0 Å². The van der Waals surface area contributed by atoms with Gasteiger partial charge in [0.05, 0.1) is 5.60 Å². The van der Waals surface area contributed by atoms with Gasteiger partial charge in [-0.25, -0.2) is 0 Å². The highest BCUT2D eigenvalue weighted by Gasteiger charge is 2.36. The van der Waals surface area contributed by atoms with Gasteiger partial charge in [-0.05, 0) is 39.2 Å². The zero-order valence-electron chi connectivity index (χ0n) is 9.38. The second-order valence-electron chi connectivity index (χ2n) is 4.93. The Balaban J connectivity index is 2.60. The van der Waals surface area contributed by atoms with E-state index in [1.807, 2.05) is 0 Å². The molecule has 1 atom stereocenters. The van der Waals surface area contributed by atoms with E-state index in [2.05, 4.69) is 32.6 Å². The van der Waals surface area contributed by atoms with Crippen molar-refractivity contribution >= 4 is 0 Å². The lowest BCUT2D eigenvalue weighted by Gasteiger charge is -2.43. The smallest absolute Gasteiger partial charge is 0.0797 e. The molecule has 1 rings (SSSR count). The molecule has 0 aromatic carbocycles. The highest BCUT2D eigenvalue weighted by Crippen LogP contribution is 2.28. The Morgan fingerprint density at radius 1 is 1.23 bits per heavy atom. The molecular formula is C11H23NO. The van der Waals surface area contributed by atoms with Crippen LogP contribution in [-0.4, -0.2) is 34.7 Å². The monoisotopic (exact) mass is 185 g/mol. The molecule has 13 heavy (non-hydrogen) atoms. The van der Waals surface area contributed by atoms with Crippen molar-refractivity contribution in [2.24, 2.45) is 5.92 Å². The van der Waals surface area contributed by atoms with Crippen LogP contribution in [0.4, 0.5) is 0 Å². The highest BCUT2D eigenvalue weighted by atomic mass is 16.3. The van der Waals surface area contributed by atoms with E-state index in [0.717, 1.165) is 25.9 Å². The molecule has 0 aliphatic carbocycles. The molecule has 0 amide bonds. The first-order valence-corrected chi connectivity index (χ1v) is 5.42. The van der Waals surface area contributed by atoms with Gasteiger partial charge in [0.25, 0.3) is 0 Å². The van der Waals surface area contributed by atoms with Gasteiger partial charge in [0.1, 0.15) is 0 Å². The molecule has 1 fully saturated rings. The summed E-state index contributed by atoms with van der Waals surface area (Å²) >= 11 is 0. The molecule has 0 aromatic heterocycles. The first-order chi connectivity index (χ1) is 5.96.